The molecular formula is C18H18O. The number of phenolic OH excluding ortho intramolecular Hbond substituents is 1. The largest absolute Gasteiger partial charge is 0.508 e. The van der Waals surface area contributed by atoms with Crippen LogP contribution in [-0.4, -0.2) is 5.11 Å². The van der Waals surface area contributed by atoms with E-state index in [1.54, 1.807) is 12.1 Å². The monoisotopic (exact) mass is 250 g/mol. The summed E-state index contributed by atoms with van der Waals surface area (Å²) < 4.78 is 0. The smallest absolute Gasteiger partial charge is 0.115 e. The molecule has 0 atom stereocenters. The van der Waals surface area contributed by atoms with E-state index in [9.17, 15) is 5.11 Å². The van der Waals surface area contributed by atoms with Crippen molar-refractivity contribution in [1.29, 1.82) is 0 Å². The van der Waals surface area contributed by atoms with Gasteiger partial charge >= 0.3 is 0 Å². The second-order valence-corrected chi connectivity index (χ2v) is 4.37. The highest BCUT2D eigenvalue weighted by molar-refractivity contribution is 5.75. The number of phenols is 1. The Morgan fingerprint density at radius 2 is 1.37 bits per heavy atom. The van der Waals surface area contributed by atoms with Crippen LogP contribution < -0.4 is 0 Å². The van der Waals surface area contributed by atoms with Gasteiger partial charge in [-0.25, -0.2) is 0 Å². The molecule has 2 aromatic rings. The summed E-state index contributed by atoms with van der Waals surface area (Å²) in [5.74, 6) is 0.296. The third-order valence-electron chi connectivity index (χ3n) is 3.08. The van der Waals surface area contributed by atoms with Crippen LogP contribution in [0.5, 0.6) is 5.75 Å². The Morgan fingerprint density at radius 3 is 1.84 bits per heavy atom. The van der Waals surface area contributed by atoms with Crippen molar-refractivity contribution in [2.75, 3.05) is 0 Å². The molecule has 0 bridgehead atoms. The van der Waals surface area contributed by atoms with Crippen LogP contribution in [0.25, 0.3) is 16.7 Å². The molecule has 0 aliphatic rings. The second-order valence-electron chi connectivity index (χ2n) is 4.37. The standard InChI is InChI=1S/C18H18O/c1-3-5-14(4-2)15-6-8-16(9-7-15)17-10-12-18(19)13-11-17/h3-13,19H,1-2H3/b5-3-,14-4+. The van der Waals surface area contributed by atoms with Gasteiger partial charge in [0.15, 0.2) is 0 Å². The van der Waals surface area contributed by atoms with Crippen molar-refractivity contribution in [3.05, 3.63) is 72.3 Å². The molecule has 1 N–H and O–H groups in total. The van der Waals surface area contributed by atoms with Gasteiger partial charge in [0.1, 0.15) is 5.75 Å². The van der Waals surface area contributed by atoms with Crippen molar-refractivity contribution in [2.24, 2.45) is 0 Å². The first-order valence-corrected chi connectivity index (χ1v) is 6.43. The summed E-state index contributed by atoms with van der Waals surface area (Å²) >= 11 is 0. The molecule has 0 saturated heterocycles. The van der Waals surface area contributed by atoms with Crippen molar-refractivity contribution in [3.8, 4) is 16.9 Å². The Morgan fingerprint density at radius 1 is 0.842 bits per heavy atom. The zero-order valence-corrected chi connectivity index (χ0v) is 11.3. The van der Waals surface area contributed by atoms with Gasteiger partial charge in [-0.15, -0.1) is 0 Å². The van der Waals surface area contributed by atoms with Crippen molar-refractivity contribution in [2.45, 2.75) is 13.8 Å². The summed E-state index contributed by atoms with van der Waals surface area (Å²) in [7, 11) is 0. The van der Waals surface area contributed by atoms with E-state index in [-0.39, 0.29) is 0 Å². The van der Waals surface area contributed by atoms with Crippen LogP contribution in [0.3, 0.4) is 0 Å². The molecule has 0 aliphatic heterocycles. The first-order valence-electron chi connectivity index (χ1n) is 6.43. The Labute approximate surface area is 114 Å². The lowest BCUT2D eigenvalue weighted by Crippen LogP contribution is -1.82. The molecule has 19 heavy (non-hydrogen) atoms. The molecule has 0 fully saturated rings. The minimum atomic E-state index is 0.296. The normalized spacial score (nSPS) is 12.0. The zero-order valence-electron chi connectivity index (χ0n) is 11.3. The van der Waals surface area contributed by atoms with Crippen LogP contribution in [0.4, 0.5) is 0 Å². The maximum atomic E-state index is 9.30. The number of aromatic hydroxyl groups is 1. The molecule has 0 radical (unpaired) electrons. The van der Waals surface area contributed by atoms with Crippen LogP contribution in [0.2, 0.25) is 0 Å². The van der Waals surface area contributed by atoms with Gasteiger partial charge in [-0.1, -0.05) is 54.6 Å². The lowest BCUT2D eigenvalue weighted by atomic mass is 10.00. The van der Waals surface area contributed by atoms with Crippen LogP contribution in [0.15, 0.2) is 66.8 Å². The predicted molar refractivity (Wildman–Crippen MR) is 82.0 cm³/mol. The van der Waals surface area contributed by atoms with E-state index < -0.39 is 0 Å². The average Bonchev–Trinajstić information content (AvgIpc) is 2.46. The van der Waals surface area contributed by atoms with Gasteiger partial charge < -0.3 is 5.11 Å². The first-order chi connectivity index (χ1) is 9.24. The highest BCUT2D eigenvalue weighted by Gasteiger charge is 2.00. The Bertz CT molecular complexity index is 587. The molecule has 96 valence electrons. The topological polar surface area (TPSA) is 20.2 Å². The van der Waals surface area contributed by atoms with Crippen molar-refractivity contribution in [3.63, 3.8) is 0 Å². The number of hydrogen-bond acceptors (Lipinski definition) is 1. The fourth-order valence-corrected chi connectivity index (χ4v) is 2.05. The quantitative estimate of drug-likeness (QED) is 0.757. The molecule has 0 unspecified atom stereocenters. The Kier molecular flexibility index (Phi) is 4.19. The first kappa shape index (κ1) is 13.2. The molecule has 1 nitrogen and oxygen atoms in total. The number of hydrogen-bond donors (Lipinski definition) is 1. The third kappa shape index (κ3) is 3.14. The maximum Gasteiger partial charge on any atom is 0.115 e. The molecule has 0 aliphatic carbocycles. The average molecular weight is 250 g/mol. The van der Waals surface area contributed by atoms with Gasteiger partial charge in [-0.05, 0) is 48.2 Å². The zero-order chi connectivity index (χ0) is 13.7. The lowest BCUT2D eigenvalue weighted by Gasteiger charge is -2.05. The SMILES string of the molecule is C/C=C\C(=C/C)c1ccc(-c2ccc(O)cc2)cc1. The van der Waals surface area contributed by atoms with Gasteiger partial charge in [0.05, 0.1) is 0 Å². The predicted octanol–water partition coefficient (Wildman–Crippen LogP) is 5.04. The highest BCUT2D eigenvalue weighted by Crippen LogP contribution is 2.24. The van der Waals surface area contributed by atoms with Gasteiger partial charge in [0, 0.05) is 0 Å². The second kappa shape index (κ2) is 6.05. The van der Waals surface area contributed by atoms with Crippen LogP contribution >= 0.6 is 0 Å². The summed E-state index contributed by atoms with van der Waals surface area (Å²) in [4.78, 5) is 0. The van der Waals surface area contributed by atoms with E-state index in [4.69, 9.17) is 0 Å². The van der Waals surface area contributed by atoms with Crippen LogP contribution in [0, 0.1) is 0 Å². The Hall–Kier alpha value is -2.28. The molecule has 2 aromatic carbocycles. The summed E-state index contributed by atoms with van der Waals surface area (Å²) in [5.41, 5.74) is 4.69. The maximum absolute atomic E-state index is 9.30. The fraction of sp³-hybridized carbons (Fsp3) is 0.111. The van der Waals surface area contributed by atoms with Gasteiger partial charge in [-0.2, -0.15) is 0 Å². The van der Waals surface area contributed by atoms with Crippen molar-refractivity contribution < 1.29 is 5.11 Å². The van der Waals surface area contributed by atoms with E-state index in [0.717, 1.165) is 11.1 Å². The van der Waals surface area contributed by atoms with Gasteiger partial charge in [-0.3, -0.25) is 0 Å². The fourth-order valence-electron chi connectivity index (χ4n) is 2.05. The van der Waals surface area contributed by atoms with E-state index in [0.29, 0.717) is 5.75 Å². The summed E-state index contributed by atoms with van der Waals surface area (Å²) in [6.07, 6.45) is 6.26. The molecule has 0 aromatic heterocycles. The molecule has 1 heteroatoms. The lowest BCUT2D eigenvalue weighted by molar-refractivity contribution is 0.475. The molecular weight excluding hydrogens is 232 g/mol. The van der Waals surface area contributed by atoms with Gasteiger partial charge in [0.2, 0.25) is 0 Å². The molecule has 0 spiro atoms. The van der Waals surface area contributed by atoms with E-state index in [1.165, 1.54) is 11.1 Å². The van der Waals surface area contributed by atoms with Crippen molar-refractivity contribution >= 4 is 5.57 Å². The number of allylic oxidation sites excluding steroid dienone is 4. The van der Waals surface area contributed by atoms with Gasteiger partial charge in [0.25, 0.3) is 0 Å². The minimum Gasteiger partial charge on any atom is -0.508 e. The Balaban J connectivity index is 2.30. The molecule has 0 heterocycles. The van der Waals surface area contributed by atoms with E-state index in [2.05, 4.69) is 36.4 Å². The highest BCUT2D eigenvalue weighted by atomic mass is 16.3. The van der Waals surface area contributed by atoms with Crippen LogP contribution in [-0.2, 0) is 0 Å². The number of rotatable bonds is 3. The van der Waals surface area contributed by atoms with Crippen molar-refractivity contribution in [1.82, 2.24) is 0 Å². The van der Waals surface area contributed by atoms with E-state index >= 15 is 0 Å². The minimum absolute atomic E-state index is 0.296. The van der Waals surface area contributed by atoms with Crippen LogP contribution in [0.1, 0.15) is 19.4 Å². The number of benzene rings is 2. The summed E-state index contributed by atoms with van der Waals surface area (Å²) in [6, 6.07) is 15.7. The molecule has 2 rings (SSSR count). The summed E-state index contributed by atoms with van der Waals surface area (Å²) in [6.45, 7) is 4.07. The molecule has 0 saturated carbocycles. The molecule has 0 amide bonds. The summed E-state index contributed by atoms with van der Waals surface area (Å²) in [5, 5.41) is 9.30. The third-order valence-corrected chi connectivity index (χ3v) is 3.08. The van der Waals surface area contributed by atoms with E-state index in [1.807, 2.05) is 32.1 Å².